The molecule has 7 nitrogen and oxygen atoms in total. The summed E-state index contributed by atoms with van der Waals surface area (Å²) in [7, 11) is 0. The number of aryl methyl sites for hydroxylation is 2. The van der Waals surface area contributed by atoms with Gasteiger partial charge in [0.25, 0.3) is 5.56 Å². The van der Waals surface area contributed by atoms with Gasteiger partial charge in [0.2, 0.25) is 11.9 Å². The van der Waals surface area contributed by atoms with Crippen molar-refractivity contribution in [2.24, 2.45) is 0 Å². The Balaban J connectivity index is 1.60. The molecule has 0 atom stereocenters. The summed E-state index contributed by atoms with van der Waals surface area (Å²) in [5.74, 6) is 1.47. The Morgan fingerprint density at radius 1 is 1.03 bits per heavy atom. The van der Waals surface area contributed by atoms with Crippen molar-refractivity contribution in [3.8, 4) is 5.75 Å². The highest BCUT2D eigenvalue weighted by Crippen LogP contribution is 2.23. The molecule has 0 bridgehead atoms. The van der Waals surface area contributed by atoms with E-state index < -0.39 is 0 Å². The normalized spacial score (nSPS) is 11.0. The Bertz CT molecular complexity index is 1300. The minimum Gasteiger partial charge on any atom is -0.494 e. The number of hydrogen-bond acceptors (Lipinski definition) is 6. The molecule has 0 saturated carbocycles. The van der Waals surface area contributed by atoms with Gasteiger partial charge in [-0.1, -0.05) is 28.1 Å². The molecule has 0 radical (unpaired) electrons. The van der Waals surface area contributed by atoms with Gasteiger partial charge in [-0.3, -0.25) is 15.1 Å². The summed E-state index contributed by atoms with van der Waals surface area (Å²) in [5.41, 5.74) is 3.74. The lowest BCUT2D eigenvalue weighted by Gasteiger charge is -2.11. The van der Waals surface area contributed by atoms with Crippen molar-refractivity contribution in [3.63, 3.8) is 0 Å². The first-order chi connectivity index (χ1) is 14.9. The van der Waals surface area contributed by atoms with E-state index in [0.29, 0.717) is 36.2 Å². The molecule has 2 N–H and O–H groups in total. The molecule has 0 amide bonds. The second kappa shape index (κ2) is 8.85. The van der Waals surface area contributed by atoms with Gasteiger partial charge in [-0.2, -0.15) is 0 Å². The molecule has 8 heteroatoms. The van der Waals surface area contributed by atoms with Crippen LogP contribution >= 0.6 is 15.9 Å². The number of halogens is 1. The van der Waals surface area contributed by atoms with Crippen molar-refractivity contribution in [1.29, 1.82) is 0 Å². The molecule has 2 heterocycles. The summed E-state index contributed by atoms with van der Waals surface area (Å²) in [5, 5.41) is 3.95. The van der Waals surface area contributed by atoms with Crippen molar-refractivity contribution < 1.29 is 4.74 Å². The van der Waals surface area contributed by atoms with Crippen LogP contribution in [0.5, 0.6) is 5.75 Å². The van der Waals surface area contributed by atoms with E-state index in [9.17, 15) is 4.79 Å². The lowest BCUT2D eigenvalue weighted by Crippen LogP contribution is -2.19. The van der Waals surface area contributed by atoms with Crippen LogP contribution in [-0.4, -0.2) is 26.5 Å². The molecule has 4 rings (SSSR count). The van der Waals surface area contributed by atoms with E-state index in [-0.39, 0.29) is 5.56 Å². The van der Waals surface area contributed by atoms with E-state index in [0.717, 1.165) is 32.4 Å². The highest BCUT2D eigenvalue weighted by molar-refractivity contribution is 9.10. The van der Waals surface area contributed by atoms with Gasteiger partial charge in [0.1, 0.15) is 5.75 Å². The third-order valence-electron chi connectivity index (χ3n) is 4.92. The standard InChI is InChI=1S/C23H22BrN5O2/c1-4-31-17-9-10-20-18(12-17)13(2)25-22(27-20)29-23-26-14(3)19(21(30)28-23)11-15-5-7-16(24)8-6-15/h5-10,12H,4,11H2,1-3H3,(H2,25,26,27,28,29,30). The molecule has 4 aromatic rings. The second-order valence-electron chi connectivity index (χ2n) is 7.15. The Morgan fingerprint density at radius 2 is 1.81 bits per heavy atom. The summed E-state index contributed by atoms with van der Waals surface area (Å²) < 4.78 is 6.56. The van der Waals surface area contributed by atoms with Gasteiger partial charge in [-0.05, 0) is 56.7 Å². The van der Waals surface area contributed by atoms with Crippen LogP contribution in [0.4, 0.5) is 11.9 Å². The largest absolute Gasteiger partial charge is 0.494 e. The van der Waals surface area contributed by atoms with E-state index >= 15 is 0 Å². The van der Waals surface area contributed by atoms with E-state index in [2.05, 4.69) is 41.2 Å². The van der Waals surface area contributed by atoms with Crippen LogP contribution in [0, 0.1) is 13.8 Å². The number of benzene rings is 2. The number of nitrogens with one attached hydrogen (secondary N) is 2. The van der Waals surface area contributed by atoms with Gasteiger partial charge in [-0.25, -0.2) is 15.0 Å². The zero-order valence-corrected chi connectivity index (χ0v) is 19.1. The third-order valence-corrected chi connectivity index (χ3v) is 5.44. The number of ether oxygens (including phenoxy) is 1. The number of hydrogen-bond donors (Lipinski definition) is 2. The fourth-order valence-electron chi connectivity index (χ4n) is 3.36. The highest BCUT2D eigenvalue weighted by Gasteiger charge is 2.12. The third kappa shape index (κ3) is 4.74. The van der Waals surface area contributed by atoms with Crippen LogP contribution in [0.1, 0.15) is 29.4 Å². The molecule has 31 heavy (non-hydrogen) atoms. The fraction of sp³-hybridized carbons (Fsp3) is 0.217. The summed E-state index contributed by atoms with van der Waals surface area (Å²) in [6, 6.07) is 13.6. The van der Waals surface area contributed by atoms with Crippen LogP contribution in [0.15, 0.2) is 51.7 Å². The SMILES string of the molecule is CCOc1ccc2nc(Nc3nc(C)c(Cc4ccc(Br)cc4)c(=O)[nH]3)nc(C)c2c1. The number of rotatable bonds is 6. The maximum absolute atomic E-state index is 12.7. The number of nitrogens with zero attached hydrogens (tertiary/aromatic N) is 3. The highest BCUT2D eigenvalue weighted by atomic mass is 79.9. The predicted molar refractivity (Wildman–Crippen MR) is 125 cm³/mol. The van der Waals surface area contributed by atoms with Crippen LogP contribution < -0.4 is 15.6 Å². The molecule has 0 aliphatic rings. The molecule has 0 unspecified atom stereocenters. The van der Waals surface area contributed by atoms with Gasteiger partial charge in [0, 0.05) is 21.8 Å². The monoisotopic (exact) mass is 479 g/mol. The Kier molecular flexibility index (Phi) is 5.99. The minimum absolute atomic E-state index is 0.184. The number of aromatic nitrogens is 4. The molecular formula is C23H22BrN5O2. The topological polar surface area (TPSA) is 92.8 Å². The minimum atomic E-state index is -0.184. The van der Waals surface area contributed by atoms with Crippen LogP contribution in [0.25, 0.3) is 10.9 Å². The first-order valence-electron chi connectivity index (χ1n) is 9.95. The van der Waals surface area contributed by atoms with Crippen LogP contribution in [-0.2, 0) is 6.42 Å². The predicted octanol–water partition coefficient (Wildman–Crippen LogP) is 4.83. The first kappa shape index (κ1) is 21.0. The molecule has 0 aliphatic carbocycles. The molecule has 0 saturated heterocycles. The average Bonchev–Trinajstić information content (AvgIpc) is 2.73. The number of aromatic amines is 1. The quantitative estimate of drug-likeness (QED) is 0.411. The summed E-state index contributed by atoms with van der Waals surface area (Å²) in [6.07, 6.45) is 0.509. The Hall–Kier alpha value is -3.26. The van der Waals surface area contributed by atoms with E-state index in [4.69, 9.17) is 4.74 Å². The average molecular weight is 480 g/mol. The molecule has 0 aliphatic heterocycles. The maximum atomic E-state index is 12.7. The van der Waals surface area contributed by atoms with Crippen molar-refractivity contribution in [1.82, 2.24) is 19.9 Å². The summed E-state index contributed by atoms with van der Waals surface area (Å²) >= 11 is 3.42. The number of anilines is 2. The number of fused-ring (bicyclic) bond motifs is 1. The molecule has 158 valence electrons. The Morgan fingerprint density at radius 3 is 2.52 bits per heavy atom. The van der Waals surface area contributed by atoms with Crippen molar-refractivity contribution in [3.05, 3.63) is 79.8 Å². The Labute approximate surface area is 188 Å². The van der Waals surface area contributed by atoms with Crippen molar-refractivity contribution in [2.45, 2.75) is 27.2 Å². The van der Waals surface area contributed by atoms with Crippen molar-refractivity contribution >= 4 is 38.7 Å². The molecule has 0 fully saturated rings. The van der Waals surface area contributed by atoms with Gasteiger partial charge in [0.05, 0.1) is 23.5 Å². The van der Waals surface area contributed by atoms with E-state index in [1.165, 1.54) is 0 Å². The van der Waals surface area contributed by atoms with Gasteiger partial charge < -0.3 is 4.74 Å². The maximum Gasteiger partial charge on any atom is 0.256 e. The van der Waals surface area contributed by atoms with E-state index in [1.54, 1.807) is 0 Å². The molecular weight excluding hydrogens is 458 g/mol. The van der Waals surface area contributed by atoms with Crippen molar-refractivity contribution in [2.75, 3.05) is 11.9 Å². The zero-order chi connectivity index (χ0) is 22.0. The zero-order valence-electron chi connectivity index (χ0n) is 17.5. The molecule has 0 spiro atoms. The molecule has 2 aromatic carbocycles. The fourth-order valence-corrected chi connectivity index (χ4v) is 3.63. The smallest absolute Gasteiger partial charge is 0.256 e. The number of H-pyrrole nitrogens is 1. The van der Waals surface area contributed by atoms with Crippen LogP contribution in [0.3, 0.4) is 0 Å². The summed E-state index contributed by atoms with van der Waals surface area (Å²) in [4.78, 5) is 29.1. The lowest BCUT2D eigenvalue weighted by atomic mass is 10.1. The summed E-state index contributed by atoms with van der Waals surface area (Å²) in [6.45, 7) is 6.28. The van der Waals surface area contributed by atoms with Gasteiger partial charge in [-0.15, -0.1) is 0 Å². The first-order valence-corrected chi connectivity index (χ1v) is 10.7. The second-order valence-corrected chi connectivity index (χ2v) is 8.07. The molecule has 2 aromatic heterocycles. The van der Waals surface area contributed by atoms with Gasteiger partial charge >= 0.3 is 0 Å². The lowest BCUT2D eigenvalue weighted by molar-refractivity contribution is 0.340. The van der Waals surface area contributed by atoms with E-state index in [1.807, 2.05) is 63.2 Å². The van der Waals surface area contributed by atoms with Gasteiger partial charge in [0.15, 0.2) is 0 Å². The van der Waals surface area contributed by atoms with Crippen LogP contribution in [0.2, 0.25) is 0 Å².